The second-order valence-corrected chi connectivity index (χ2v) is 3.08. The van der Waals surface area contributed by atoms with Crippen molar-refractivity contribution in [3.63, 3.8) is 0 Å². The Labute approximate surface area is 81.1 Å². The minimum absolute atomic E-state index is 0.0709. The van der Waals surface area contributed by atoms with E-state index in [0.29, 0.717) is 12.8 Å². The van der Waals surface area contributed by atoms with E-state index in [-0.39, 0.29) is 11.7 Å². The number of ketones is 1. The number of rotatable bonds is 3. The molecule has 1 aliphatic heterocycles. The van der Waals surface area contributed by atoms with Gasteiger partial charge in [0.2, 0.25) is 0 Å². The van der Waals surface area contributed by atoms with Gasteiger partial charge in [-0.25, -0.2) is 4.79 Å². The summed E-state index contributed by atoms with van der Waals surface area (Å²) in [6.45, 7) is 0. The van der Waals surface area contributed by atoms with E-state index in [1.807, 2.05) is 0 Å². The highest BCUT2D eigenvalue weighted by molar-refractivity contribution is 6.28. The topological polar surface area (TPSA) is 52.6 Å². The average molecular weight is 207 g/mol. The molecule has 5 heteroatoms. The standard InChI is InChI=1S/C8H11ClO4/c1-12-8(11)7-3-2-6(13-7)5(10)4-9/h6-7H,2-4H2,1H3/t6-,7+/m0/s1. The van der Waals surface area contributed by atoms with Crippen molar-refractivity contribution in [2.45, 2.75) is 25.0 Å². The molecule has 0 aromatic carbocycles. The van der Waals surface area contributed by atoms with Crippen molar-refractivity contribution in [3.8, 4) is 0 Å². The maximum absolute atomic E-state index is 11.1. The van der Waals surface area contributed by atoms with Gasteiger partial charge in [0.25, 0.3) is 0 Å². The normalized spacial score (nSPS) is 27.2. The summed E-state index contributed by atoms with van der Waals surface area (Å²) in [5.74, 6) is -0.670. The third-order valence-corrected chi connectivity index (χ3v) is 2.24. The van der Waals surface area contributed by atoms with Gasteiger partial charge in [0.15, 0.2) is 11.9 Å². The van der Waals surface area contributed by atoms with Crippen LogP contribution in [0.2, 0.25) is 0 Å². The van der Waals surface area contributed by atoms with Gasteiger partial charge in [-0.3, -0.25) is 4.79 Å². The summed E-state index contributed by atoms with van der Waals surface area (Å²) in [6.07, 6.45) is -0.0468. The molecule has 0 saturated carbocycles. The number of hydrogen-bond donors (Lipinski definition) is 0. The fraction of sp³-hybridized carbons (Fsp3) is 0.750. The summed E-state index contributed by atoms with van der Waals surface area (Å²) in [6, 6.07) is 0. The number of carbonyl (C=O) groups excluding carboxylic acids is 2. The van der Waals surface area contributed by atoms with Gasteiger partial charge >= 0.3 is 5.97 Å². The number of alkyl halides is 1. The lowest BCUT2D eigenvalue weighted by Crippen LogP contribution is -2.26. The lowest BCUT2D eigenvalue weighted by Gasteiger charge is -2.09. The van der Waals surface area contributed by atoms with Crippen molar-refractivity contribution < 1.29 is 19.1 Å². The van der Waals surface area contributed by atoms with Crippen molar-refractivity contribution in [3.05, 3.63) is 0 Å². The van der Waals surface area contributed by atoms with E-state index in [1.54, 1.807) is 0 Å². The molecule has 0 aromatic rings. The first kappa shape index (κ1) is 10.5. The Hall–Kier alpha value is -0.610. The largest absolute Gasteiger partial charge is 0.467 e. The van der Waals surface area contributed by atoms with Crippen molar-refractivity contribution in [1.29, 1.82) is 0 Å². The average Bonchev–Trinajstić information content (AvgIpc) is 2.64. The van der Waals surface area contributed by atoms with Gasteiger partial charge in [0.05, 0.1) is 13.0 Å². The van der Waals surface area contributed by atoms with Crippen LogP contribution in [0.5, 0.6) is 0 Å². The Kier molecular flexibility index (Phi) is 3.69. The van der Waals surface area contributed by atoms with E-state index in [2.05, 4.69) is 4.74 Å². The molecule has 0 spiro atoms. The molecule has 2 atom stereocenters. The van der Waals surface area contributed by atoms with Crippen LogP contribution in [-0.2, 0) is 19.1 Å². The Morgan fingerprint density at radius 3 is 2.62 bits per heavy atom. The van der Waals surface area contributed by atoms with Crippen molar-refractivity contribution in [1.82, 2.24) is 0 Å². The monoisotopic (exact) mass is 206 g/mol. The Bertz CT molecular complexity index is 194. The molecule has 1 rings (SSSR count). The molecule has 0 unspecified atom stereocenters. The Balaban J connectivity index is 2.44. The Morgan fingerprint density at radius 2 is 2.08 bits per heavy atom. The number of esters is 1. The van der Waals surface area contributed by atoms with Crippen LogP contribution in [0, 0.1) is 0 Å². The number of carbonyl (C=O) groups is 2. The van der Waals surface area contributed by atoms with Gasteiger partial charge in [0.1, 0.15) is 6.10 Å². The maximum atomic E-state index is 11.1. The molecule has 0 aromatic heterocycles. The molecule has 0 amide bonds. The van der Waals surface area contributed by atoms with Crippen molar-refractivity contribution in [2.75, 3.05) is 13.0 Å². The lowest BCUT2D eigenvalue weighted by molar-refractivity contribution is -0.154. The lowest BCUT2D eigenvalue weighted by atomic mass is 10.1. The van der Waals surface area contributed by atoms with E-state index >= 15 is 0 Å². The van der Waals surface area contributed by atoms with Crippen LogP contribution in [0.25, 0.3) is 0 Å². The number of halogens is 1. The molecule has 0 bridgehead atoms. The summed E-state index contributed by atoms with van der Waals surface area (Å²) in [5, 5.41) is 0. The van der Waals surface area contributed by atoms with E-state index in [0.717, 1.165) is 0 Å². The third kappa shape index (κ3) is 2.42. The minimum atomic E-state index is -0.595. The van der Waals surface area contributed by atoms with Crippen LogP contribution in [-0.4, -0.2) is 37.0 Å². The first-order chi connectivity index (χ1) is 6.19. The smallest absolute Gasteiger partial charge is 0.335 e. The zero-order valence-electron chi connectivity index (χ0n) is 7.29. The molecule has 0 radical (unpaired) electrons. The summed E-state index contributed by atoms with van der Waals surface area (Å²) < 4.78 is 9.65. The first-order valence-electron chi connectivity index (χ1n) is 4.01. The third-order valence-electron chi connectivity index (χ3n) is 1.97. The van der Waals surface area contributed by atoms with Gasteiger partial charge in [-0.15, -0.1) is 11.6 Å². The van der Waals surface area contributed by atoms with Crippen LogP contribution in [0.1, 0.15) is 12.8 Å². The van der Waals surface area contributed by atoms with E-state index < -0.39 is 18.2 Å². The van der Waals surface area contributed by atoms with Gasteiger partial charge in [-0.05, 0) is 12.8 Å². The maximum Gasteiger partial charge on any atom is 0.335 e. The fourth-order valence-corrected chi connectivity index (χ4v) is 1.44. The molecule has 13 heavy (non-hydrogen) atoms. The number of methoxy groups -OCH3 is 1. The molecule has 1 saturated heterocycles. The van der Waals surface area contributed by atoms with E-state index in [1.165, 1.54) is 7.11 Å². The molecule has 1 heterocycles. The van der Waals surface area contributed by atoms with Gasteiger partial charge < -0.3 is 9.47 Å². The molecular formula is C8H11ClO4. The molecule has 74 valence electrons. The summed E-state index contributed by atoms with van der Waals surface area (Å²) in [5.41, 5.74) is 0. The number of Topliss-reactive ketones (excluding diaryl/α,β-unsaturated/α-hetero) is 1. The highest BCUT2D eigenvalue weighted by Gasteiger charge is 2.34. The quantitative estimate of drug-likeness (QED) is 0.499. The molecule has 4 nitrogen and oxygen atoms in total. The molecule has 0 N–H and O–H groups in total. The Morgan fingerprint density at radius 1 is 1.46 bits per heavy atom. The molecule has 1 fully saturated rings. The first-order valence-corrected chi connectivity index (χ1v) is 4.54. The highest BCUT2D eigenvalue weighted by Crippen LogP contribution is 2.21. The van der Waals surface area contributed by atoms with Crippen LogP contribution in [0.3, 0.4) is 0 Å². The van der Waals surface area contributed by atoms with Gasteiger partial charge in [0, 0.05) is 0 Å². The molecular weight excluding hydrogens is 196 g/mol. The minimum Gasteiger partial charge on any atom is -0.467 e. The number of ether oxygens (including phenoxy) is 2. The van der Waals surface area contributed by atoms with Crippen LogP contribution >= 0.6 is 11.6 Å². The second-order valence-electron chi connectivity index (χ2n) is 2.81. The predicted molar refractivity (Wildman–Crippen MR) is 45.6 cm³/mol. The highest BCUT2D eigenvalue weighted by atomic mass is 35.5. The summed E-state index contributed by atoms with van der Waals surface area (Å²) in [4.78, 5) is 22.0. The van der Waals surface area contributed by atoms with Crippen molar-refractivity contribution >= 4 is 23.4 Å². The predicted octanol–water partition coefficient (Wildman–Crippen LogP) is 0.515. The van der Waals surface area contributed by atoms with Gasteiger partial charge in [-0.1, -0.05) is 0 Å². The van der Waals surface area contributed by atoms with E-state index in [4.69, 9.17) is 16.3 Å². The molecule has 0 aliphatic carbocycles. The summed E-state index contributed by atoms with van der Waals surface area (Å²) >= 11 is 5.35. The molecule has 1 aliphatic rings. The number of hydrogen-bond acceptors (Lipinski definition) is 4. The van der Waals surface area contributed by atoms with Gasteiger partial charge in [-0.2, -0.15) is 0 Å². The van der Waals surface area contributed by atoms with Crippen molar-refractivity contribution in [2.24, 2.45) is 0 Å². The fourth-order valence-electron chi connectivity index (χ4n) is 1.26. The zero-order chi connectivity index (χ0) is 9.84. The second kappa shape index (κ2) is 4.58. The van der Waals surface area contributed by atoms with Crippen LogP contribution < -0.4 is 0 Å². The van der Waals surface area contributed by atoms with E-state index in [9.17, 15) is 9.59 Å². The van der Waals surface area contributed by atoms with Crippen LogP contribution in [0.15, 0.2) is 0 Å². The SMILES string of the molecule is COC(=O)[C@H]1CC[C@@H](C(=O)CCl)O1. The van der Waals surface area contributed by atoms with Crippen LogP contribution in [0.4, 0.5) is 0 Å². The summed E-state index contributed by atoms with van der Waals surface area (Å²) in [7, 11) is 1.29. The zero-order valence-corrected chi connectivity index (χ0v) is 8.04.